The number of nitrogens with zero attached hydrogens (tertiary/aromatic N) is 1. The maximum Gasteiger partial charge on any atom is 0.123 e. The fourth-order valence-electron chi connectivity index (χ4n) is 2.17. The first-order valence-corrected chi connectivity index (χ1v) is 6.61. The van der Waals surface area contributed by atoms with Crippen molar-refractivity contribution in [3.05, 3.63) is 65.2 Å². The molecule has 1 unspecified atom stereocenters. The van der Waals surface area contributed by atoms with Crippen molar-refractivity contribution in [2.45, 2.75) is 26.3 Å². The summed E-state index contributed by atoms with van der Waals surface area (Å²) in [6.45, 7) is 5.01. The Morgan fingerprint density at radius 3 is 2.84 bits per heavy atom. The minimum atomic E-state index is -0.201. The number of hydrogen-bond acceptors (Lipinski definition) is 2. The Bertz CT molecular complexity index is 526. The Hall–Kier alpha value is -1.74. The summed E-state index contributed by atoms with van der Waals surface area (Å²) in [5.41, 5.74) is 3.12. The van der Waals surface area contributed by atoms with Gasteiger partial charge in [-0.2, -0.15) is 0 Å². The van der Waals surface area contributed by atoms with Crippen molar-refractivity contribution >= 4 is 0 Å². The molecule has 0 spiro atoms. The highest BCUT2D eigenvalue weighted by molar-refractivity contribution is 5.36. The molecule has 0 bridgehead atoms. The SMILES string of the molecule is CCCNC(c1cccnc1)c1cc(F)ccc1C. The van der Waals surface area contributed by atoms with Gasteiger partial charge >= 0.3 is 0 Å². The van der Waals surface area contributed by atoms with Crippen molar-refractivity contribution in [3.63, 3.8) is 0 Å². The molecule has 0 aliphatic rings. The molecule has 19 heavy (non-hydrogen) atoms. The Morgan fingerprint density at radius 2 is 2.16 bits per heavy atom. The van der Waals surface area contributed by atoms with Gasteiger partial charge in [-0.1, -0.05) is 19.1 Å². The quantitative estimate of drug-likeness (QED) is 0.886. The molecule has 0 fully saturated rings. The average Bonchev–Trinajstić information content (AvgIpc) is 2.44. The summed E-state index contributed by atoms with van der Waals surface area (Å²) in [6.07, 6.45) is 4.61. The number of nitrogens with one attached hydrogen (secondary N) is 1. The summed E-state index contributed by atoms with van der Waals surface area (Å²) >= 11 is 0. The van der Waals surface area contributed by atoms with Crippen molar-refractivity contribution in [2.24, 2.45) is 0 Å². The summed E-state index contributed by atoms with van der Waals surface area (Å²) < 4.78 is 13.5. The van der Waals surface area contributed by atoms with Gasteiger partial charge in [-0.15, -0.1) is 0 Å². The Balaban J connectivity index is 2.40. The van der Waals surface area contributed by atoms with Crippen molar-refractivity contribution in [1.29, 1.82) is 0 Å². The van der Waals surface area contributed by atoms with Crippen LogP contribution >= 0.6 is 0 Å². The molecule has 3 heteroatoms. The topological polar surface area (TPSA) is 24.9 Å². The van der Waals surface area contributed by atoms with Crippen molar-refractivity contribution in [2.75, 3.05) is 6.54 Å². The van der Waals surface area contributed by atoms with Gasteiger partial charge in [0, 0.05) is 12.4 Å². The number of benzene rings is 1. The first-order chi connectivity index (χ1) is 9.22. The molecule has 2 aromatic rings. The first-order valence-electron chi connectivity index (χ1n) is 6.61. The van der Waals surface area contributed by atoms with Crippen LogP contribution in [0.25, 0.3) is 0 Å². The minimum Gasteiger partial charge on any atom is -0.306 e. The van der Waals surface area contributed by atoms with E-state index in [2.05, 4.69) is 17.2 Å². The van der Waals surface area contributed by atoms with Gasteiger partial charge in [0.25, 0.3) is 0 Å². The third-order valence-electron chi connectivity index (χ3n) is 3.17. The van der Waals surface area contributed by atoms with E-state index in [1.54, 1.807) is 12.3 Å². The van der Waals surface area contributed by atoms with E-state index in [1.165, 1.54) is 6.07 Å². The molecule has 0 saturated carbocycles. The van der Waals surface area contributed by atoms with E-state index < -0.39 is 0 Å². The number of aromatic nitrogens is 1. The van der Waals surface area contributed by atoms with E-state index in [1.807, 2.05) is 31.3 Å². The number of aryl methyl sites for hydroxylation is 1. The summed E-state index contributed by atoms with van der Waals surface area (Å²) in [5.74, 6) is -0.201. The molecule has 1 N–H and O–H groups in total. The number of pyridine rings is 1. The zero-order valence-corrected chi connectivity index (χ0v) is 11.4. The third kappa shape index (κ3) is 3.38. The lowest BCUT2D eigenvalue weighted by Gasteiger charge is -2.21. The molecule has 1 aromatic heterocycles. The summed E-state index contributed by atoms with van der Waals surface area (Å²) in [6, 6.07) is 8.84. The summed E-state index contributed by atoms with van der Waals surface area (Å²) in [5, 5.41) is 3.46. The maximum atomic E-state index is 13.5. The molecule has 2 nitrogen and oxygen atoms in total. The Morgan fingerprint density at radius 1 is 1.32 bits per heavy atom. The van der Waals surface area contributed by atoms with Gasteiger partial charge in [0.05, 0.1) is 6.04 Å². The fraction of sp³-hybridized carbons (Fsp3) is 0.312. The molecule has 100 valence electrons. The first kappa shape index (κ1) is 13.7. The predicted molar refractivity (Wildman–Crippen MR) is 75.5 cm³/mol. The van der Waals surface area contributed by atoms with Gasteiger partial charge in [-0.3, -0.25) is 4.98 Å². The molecule has 1 atom stereocenters. The normalized spacial score (nSPS) is 12.4. The van der Waals surface area contributed by atoms with Gasteiger partial charge in [0.1, 0.15) is 5.82 Å². The van der Waals surface area contributed by atoms with E-state index in [0.29, 0.717) is 0 Å². The van der Waals surface area contributed by atoms with Gasteiger partial charge in [-0.05, 0) is 54.8 Å². The Labute approximate surface area is 113 Å². The Kier molecular flexibility index (Phi) is 4.63. The van der Waals surface area contributed by atoms with Gasteiger partial charge in [0.2, 0.25) is 0 Å². The van der Waals surface area contributed by atoms with Crippen LogP contribution in [0.5, 0.6) is 0 Å². The predicted octanol–water partition coefficient (Wildman–Crippen LogP) is 3.62. The lowest BCUT2D eigenvalue weighted by molar-refractivity contribution is 0.582. The van der Waals surface area contributed by atoms with E-state index >= 15 is 0 Å². The molecule has 2 rings (SSSR count). The standard InChI is InChI=1S/C16H19FN2/c1-3-8-19-16(13-5-4-9-18-11-13)15-10-14(17)7-6-12(15)2/h4-7,9-11,16,19H,3,8H2,1-2H3. The summed E-state index contributed by atoms with van der Waals surface area (Å²) in [4.78, 5) is 4.16. The zero-order chi connectivity index (χ0) is 13.7. The summed E-state index contributed by atoms with van der Waals surface area (Å²) in [7, 11) is 0. The molecule has 0 radical (unpaired) electrons. The number of hydrogen-bond donors (Lipinski definition) is 1. The molecule has 1 aromatic carbocycles. The number of halogens is 1. The lowest BCUT2D eigenvalue weighted by Crippen LogP contribution is -2.24. The van der Waals surface area contributed by atoms with Crippen molar-refractivity contribution in [3.8, 4) is 0 Å². The van der Waals surface area contributed by atoms with Gasteiger partial charge in [0.15, 0.2) is 0 Å². The largest absolute Gasteiger partial charge is 0.306 e. The zero-order valence-electron chi connectivity index (χ0n) is 11.4. The van der Waals surface area contributed by atoms with E-state index in [9.17, 15) is 4.39 Å². The highest BCUT2D eigenvalue weighted by atomic mass is 19.1. The molecule has 0 aliphatic carbocycles. The fourth-order valence-corrected chi connectivity index (χ4v) is 2.17. The second kappa shape index (κ2) is 6.43. The smallest absolute Gasteiger partial charge is 0.123 e. The van der Waals surface area contributed by atoms with Crippen LogP contribution in [-0.2, 0) is 0 Å². The maximum absolute atomic E-state index is 13.5. The van der Waals surface area contributed by atoms with Crippen LogP contribution in [0.2, 0.25) is 0 Å². The van der Waals surface area contributed by atoms with Crippen molar-refractivity contribution in [1.82, 2.24) is 10.3 Å². The van der Waals surface area contributed by atoms with Gasteiger partial charge in [-0.25, -0.2) is 4.39 Å². The van der Waals surface area contributed by atoms with Crippen LogP contribution in [0.1, 0.15) is 36.1 Å². The van der Waals surface area contributed by atoms with E-state index in [0.717, 1.165) is 29.7 Å². The molecular formula is C16H19FN2. The van der Waals surface area contributed by atoms with Crippen LogP contribution in [0.15, 0.2) is 42.7 Å². The monoisotopic (exact) mass is 258 g/mol. The molecule has 0 saturated heterocycles. The second-order valence-electron chi connectivity index (χ2n) is 4.67. The van der Waals surface area contributed by atoms with Gasteiger partial charge < -0.3 is 5.32 Å². The highest BCUT2D eigenvalue weighted by Gasteiger charge is 2.16. The molecule has 0 amide bonds. The van der Waals surface area contributed by atoms with Crippen LogP contribution in [0.4, 0.5) is 4.39 Å². The average molecular weight is 258 g/mol. The van der Waals surface area contributed by atoms with Crippen molar-refractivity contribution < 1.29 is 4.39 Å². The minimum absolute atomic E-state index is 0.00986. The number of rotatable bonds is 5. The van der Waals surface area contributed by atoms with E-state index in [-0.39, 0.29) is 11.9 Å². The van der Waals surface area contributed by atoms with Crippen LogP contribution in [-0.4, -0.2) is 11.5 Å². The second-order valence-corrected chi connectivity index (χ2v) is 4.67. The lowest BCUT2D eigenvalue weighted by atomic mass is 9.96. The highest BCUT2D eigenvalue weighted by Crippen LogP contribution is 2.25. The van der Waals surface area contributed by atoms with Crippen LogP contribution in [0.3, 0.4) is 0 Å². The third-order valence-corrected chi connectivity index (χ3v) is 3.17. The van der Waals surface area contributed by atoms with E-state index in [4.69, 9.17) is 0 Å². The molecule has 0 aliphatic heterocycles. The molecule has 1 heterocycles. The molecular weight excluding hydrogens is 239 g/mol. The van der Waals surface area contributed by atoms with Crippen LogP contribution < -0.4 is 5.32 Å². The van der Waals surface area contributed by atoms with Crippen LogP contribution in [0, 0.1) is 12.7 Å².